The Labute approximate surface area is 167 Å². The number of nitrogens with zero attached hydrogens (tertiary/aromatic N) is 1. The predicted octanol–water partition coefficient (Wildman–Crippen LogP) is 2.54. The van der Waals surface area contributed by atoms with Crippen molar-refractivity contribution in [3.8, 4) is 0 Å². The molecule has 2 fully saturated rings. The lowest BCUT2D eigenvalue weighted by molar-refractivity contribution is -0.126. The normalized spacial score (nSPS) is 23.6. The number of hydrogen-bond donors (Lipinski definition) is 3. The van der Waals surface area contributed by atoms with Crippen molar-refractivity contribution in [3.05, 3.63) is 71.3 Å². The van der Waals surface area contributed by atoms with Gasteiger partial charge >= 0.3 is 0 Å². The number of carbonyl (C=O) groups excluding carboxylic acids is 1. The average molecular weight is 379 g/mol. The maximum atomic E-state index is 13.0. The minimum absolute atomic E-state index is 0.0260. The van der Waals surface area contributed by atoms with Gasteiger partial charge in [0.25, 0.3) is 0 Å². The Morgan fingerprint density at radius 3 is 2.64 bits per heavy atom. The van der Waals surface area contributed by atoms with Crippen LogP contribution in [0.5, 0.6) is 0 Å². The summed E-state index contributed by atoms with van der Waals surface area (Å²) in [5, 5.41) is 3.31. The molecule has 2 aromatic rings. The molecule has 3 N–H and O–H groups in total. The molecule has 2 aliphatic rings. The van der Waals surface area contributed by atoms with Gasteiger partial charge in [-0.1, -0.05) is 60.2 Å². The van der Waals surface area contributed by atoms with Crippen molar-refractivity contribution >= 4 is 5.91 Å². The minimum Gasteiger partial charge on any atom is -0.353 e. The largest absolute Gasteiger partial charge is 0.353 e. The summed E-state index contributed by atoms with van der Waals surface area (Å²) in [6.07, 6.45) is 2.03. The molecule has 2 heterocycles. The predicted molar refractivity (Wildman–Crippen MR) is 111 cm³/mol. The van der Waals surface area contributed by atoms with E-state index in [9.17, 15) is 4.79 Å². The van der Waals surface area contributed by atoms with Gasteiger partial charge in [0.2, 0.25) is 5.91 Å². The molecule has 2 aliphatic heterocycles. The monoisotopic (exact) mass is 378 g/mol. The zero-order valence-electron chi connectivity index (χ0n) is 16.5. The number of hydrogen-bond acceptors (Lipinski definition) is 4. The molecule has 0 saturated carbocycles. The average Bonchev–Trinajstić information content (AvgIpc) is 3.20. The van der Waals surface area contributed by atoms with Crippen LogP contribution in [0.1, 0.15) is 35.6 Å². The molecule has 0 spiro atoms. The van der Waals surface area contributed by atoms with Crippen LogP contribution in [0, 0.1) is 12.8 Å². The molecule has 0 bridgehead atoms. The zero-order valence-corrected chi connectivity index (χ0v) is 16.5. The molecule has 2 atom stereocenters. The van der Waals surface area contributed by atoms with Gasteiger partial charge in [0, 0.05) is 32.2 Å². The first-order chi connectivity index (χ1) is 13.7. The molecule has 4 rings (SSSR count). The number of benzene rings is 2. The second-order valence-electron chi connectivity index (χ2n) is 8.07. The van der Waals surface area contributed by atoms with E-state index in [1.807, 2.05) is 0 Å². The number of carbonyl (C=O) groups is 1. The summed E-state index contributed by atoms with van der Waals surface area (Å²) in [6, 6.07) is 19.3. The van der Waals surface area contributed by atoms with Gasteiger partial charge in [-0.05, 0) is 30.9 Å². The topological polar surface area (TPSA) is 56.4 Å². The van der Waals surface area contributed by atoms with Crippen LogP contribution in [0.25, 0.3) is 0 Å². The molecule has 0 aromatic heterocycles. The molecular formula is C23H30N4O. The summed E-state index contributed by atoms with van der Waals surface area (Å²) in [5.74, 6) is 0.0784. The van der Waals surface area contributed by atoms with Crippen molar-refractivity contribution in [2.24, 2.45) is 5.92 Å². The van der Waals surface area contributed by atoms with E-state index in [0.717, 1.165) is 32.5 Å². The summed E-state index contributed by atoms with van der Waals surface area (Å²) in [7, 11) is 0. The van der Waals surface area contributed by atoms with Crippen molar-refractivity contribution < 1.29 is 4.79 Å². The van der Waals surface area contributed by atoms with Crippen molar-refractivity contribution in [1.82, 2.24) is 21.1 Å². The SMILES string of the molecule is Cc1cccc(C2NNCC2C(=O)NC2CCN(Cc3ccccc3)CC2)c1. The Balaban J connectivity index is 1.29. The molecule has 2 saturated heterocycles. The van der Waals surface area contributed by atoms with Crippen LogP contribution in [0.3, 0.4) is 0 Å². The van der Waals surface area contributed by atoms with Gasteiger partial charge in [0.05, 0.1) is 12.0 Å². The lowest BCUT2D eigenvalue weighted by atomic mass is 9.92. The highest BCUT2D eigenvalue weighted by molar-refractivity contribution is 5.80. The summed E-state index contributed by atoms with van der Waals surface area (Å²) < 4.78 is 0. The Hall–Kier alpha value is -2.21. The highest BCUT2D eigenvalue weighted by Gasteiger charge is 2.35. The van der Waals surface area contributed by atoms with Crippen LogP contribution in [0.4, 0.5) is 0 Å². The van der Waals surface area contributed by atoms with Crippen LogP contribution in [0.2, 0.25) is 0 Å². The Morgan fingerprint density at radius 1 is 1.11 bits per heavy atom. The van der Waals surface area contributed by atoms with E-state index in [1.54, 1.807) is 0 Å². The first-order valence-electron chi connectivity index (χ1n) is 10.3. The lowest BCUT2D eigenvalue weighted by Crippen LogP contribution is -2.47. The third kappa shape index (κ3) is 4.61. The number of likely N-dealkylation sites (tertiary alicyclic amines) is 1. The molecule has 5 heteroatoms. The number of aryl methyl sites for hydroxylation is 1. The molecule has 0 radical (unpaired) electrons. The zero-order chi connectivity index (χ0) is 19.3. The van der Waals surface area contributed by atoms with Crippen LogP contribution < -0.4 is 16.2 Å². The third-order valence-corrected chi connectivity index (χ3v) is 5.90. The fourth-order valence-corrected chi connectivity index (χ4v) is 4.31. The van der Waals surface area contributed by atoms with E-state index in [0.29, 0.717) is 6.54 Å². The minimum atomic E-state index is -0.0795. The second-order valence-corrected chi connectivity index (χ2v) is 8.07. The number of nitrogens with one attached hydrogen (secondary N) is 3. The third-order valence-electron chi connectivity index (χ3n) is 5.90. The smallest absolute Gasteiger partial charge is 0.226 e. The first-order valence-corrected chi connectivity index (χ1v) is 10.3. The molecule has 148 valence electrons. The van der Waals surface area contributed by atoms with Crippen LogP contribution >= 0.6 is 0 Å². The number of rotatable bonds is 5. The number of amides is 1. The Kier molecular flexibility index (Phi) is 6.05. The maximum absolute atomic E-state index is 13.0. The Morgan fingerprint density at radius 2 is 1.89 bits per heavy atom. The van der Waals surface area contributed by atoms with Crippen molar-refractivity contribution in [2.75, 3.05) is 19.6 Å². The van der Waals surface area contributed by atoms with Gasteiger partial charge < -0.3 is 5.32 Å². The molecule has 2 unspecified atom stereocenters. The van der Waals surface area contributed by atoms with Crippen molar-refractivity contribution in [1.29, 1.82) is 0 Å². The molecule has 0 aliphatic carbocycles. The van der Waals surface area contributed by atoms with E-state index < -0.39 is 0 Å². The van der Waals surface area contributed by atoms with Gasteiger partial charge in [-0.2, -0.15) is 0 Å². The summed E-state index contributed by atoms with van der Waals surface area (Å²) >= 11 is 0. The summed E-state index contributed by atoms with van der Waals surface area (Å²) in [6.45, 7) is 5.81. The van der Waals surface area contributed by atoms with Crippen molar-refractivity contribution in [3.63, 3.8) is 0 Å². The maximum Gasteiger partial charge on any atom is 0.226 e. The highest BCUT2D eigenvalue weighted by atomic mass is 16.2. The highest BCUT2D eigenvalue weighted by Crippen LogP contribution is 2.26. The summed E-state index contributed by atoms with van der Waals surface area (Å²) in [4.78, 5) is 15.4. The standard InChI is InChI=1S/C23H30N4O/c1-17-6-5-9-19(14-17)22-21(15-24-26-22)23(28)25-20-10-12-27(13-11-20)16-18-7-3-2-4-8-18/h2-9,14,20-22,24,26H,10-13,15-16H2,1H3,(H,25,28). The quantitative estimate of drug-likeness (QED) is 0.748. The van der Waals surface area contributed by atoms with Gasteiger partial charge in [0.15, 0.2) is 0 Å². The van der Waals surface area contributed by atoms with E-state index in [-0.39, 0.29) is 23.9 Å². The van der Waals surface area contributed by atoms with E-state index in [2.05, 4.69) is 82.6 Å². The molecule has 1 amide bonds. The van der Waals surface area contributed by atoms with Crippen molar-refractivity contribution in [2.45, 2.75) is 38.4 Å². The second kappa shape index (κ2) is 8.86. The van der Waals surface area contributed by atoms with E-state index >= 15 is 0 Å². The molecular weight excluding hydrogens is 348 g/mol. The van der Waals surface area contributed by atoms with Gasteiger partial charge in [-0.3, -0.25) is 15.1 Å². The van der Waals surface area contributed by atoms with Gasteiger partial charge in [-0.25, -0.2) is 5.43 Å². The fourth-order valence-electron chi connectivity index (χ4n) is 4.31. The number of hydrazine groups is 1. The molecule has 5 nitrogen and oxygen atoms in total. The lowest BCUT2D eigenvalue weighted by Gasteiger charge is -2.33. The van der Waals surface area contributed by atoms with Crippen LogP contribution in [0.15, 0.2) is 54.6 Å². The number of piperidine rings is 1. The van der Waals surface area contributed by atoms with Gasteiger partial charge in [-0.15, -0.1) is 0 Å². The van der Waals surface area contributed by atoms with Crippen LogP contribution in [-0.4, -0.2) is 36.5 Å². The fraction of sp³-hybridized carbons (Fsp3) is 0.435. The van der Waals surface area contributed by atoms with E-state index in [4.69, 9.17) is 0 Å². The Bertz CT molecular complexity index is 786. The first kappa shape index (κ1) is 19.1. The van der Waals surface area contributed by atoms with E-state index in [1.165, 1.54) is 16.7 Å². The van der Waals surface area contributed by atoms with Crippen LogP contribution in [-0.2, 0) is 11.3 Å². The molecule has 2 aromatic carbocycles. The summed E-state index contributed by atoms with van der Waals surface area (Å²) in [5.41, 5.74) is 10.2. The van der Waals surface area contributed by atoms with Gasteiger partial charge in [0.1, 0.15) is 0 Å². The molecule has 28 heavy (non-hydrogen) atoms.